The van der Waals surface area contributed by atoms with Crippen molar-refractivity contribution >= 4 is 22.1 Å². The molecule has 0 atom stereocenters. The number of nitrogens with zero attached hydrogens (tertiary/aromatic N) is 5. The van der Waals surface area contributed by atoms with Crippen LogP contribution >= 0.6 is 0 Å². The summed E-state index contributed by atoms with van der Waals surface area (Å²) in [6.07, 6.45) is 3.46. The highest BCUT2D eigenvalue weighted by atomic mass is 16.5. The van der Waals surface area contributed by atoms with Crippen LogP contribution in [-0.4, -0.2) is 24.3 Å². The lowest BCUT2D eigenvalue weighted by Gasteiger charge is -2.11. The summed E-state index contributed by atoms with van der Waals surface area (Å²) in [5.41, 5.74) is 7.16. The minimum atomic E-state index is -0.121. The maximum atomic E-state index is 13.2. The van der Waals surface area contributed by atoms with Crippen molar-refractivity contribution in [1.82, 2.24) is 24.3 Å². The summed E-state index contributed by atoms with van der Waals surface area (Å²) in [5.74, 6) is 0.960. The number of hydrogen-bond acceptors (Lipinski definition) is 5. The van der Waals surface area contributed by atoms with Crippen molar-refractivity contribution < 1.29 is 4.52 Å². The van der Waals surface area contributed by atoms with E-state index in [2.05, 4.69) is 30.1 Å². The van der Waals surface area contributed by atoms with Crippen molar-refractivity contribution in [1.29, 1.82) is 0 Å². The summed E-state index contributed by atoms with van der Waals surface area (Å²) in [7, 11) is 1.76. The van der Waals surface area contributed by atoms with E-state index in [0.29, 0.717) is 29.5 Å². The largest absolute Gasteiger partial charge is 0.356 e. The van der Waals surface area contributed by atoms with Gasteiger partial charge in [-0.15, -0.1) is 0 Å². The van der Waals surface area contributed by atoms with Crippen molar-refractivity contribution in [2.24, 2.45) is 7.05 Å². The first kappa shape index (κ1) is 22.0. The highest BCUT2D eigenvalue weighted by molar-refractivity contribution is 5.91. The lowest BCUT2D eigenvalue weighted by Crippen LogP contribution is -2.22. The van der Waals surface area contributed by atoms with Gasteiger partial charge in [-0.25, -0.2) is 14.8 Å². The molecule has 3 aromatic heterocycles. The van der Waals surface area contributed by atoms with Crippen LogP contribution in [0.1, 0.15) is 30.9 Å². The third kappa shape index (κ3) is 3.60. The van der Waals surface area contributed by atoms with Gasteiger partial charge in [0.25, 0.3) is 0 Å². The maximum absolute atomic E-state index is 13.2. The maximum Gasteiger partial charge on any atom is 0.330 e. The normalized spacial score (nSPS) is 11.7. The fourth-order valence-electron chi connectivity index (χ4n) is 4.75. The number of fused-ring (bicyclic) bond motifs is 2. The highest BCUT2D eigenvalue weighted by Crippen LogP contribution is 2.30. The summed E-state index contributed by atoms with van der Waals surface area (Å²) in [6, 6.07) is 22.3. The molecule has 6 rings (SSSR count). The first-order valence-corrected chi connectivity index (χ1v) is 12.0. The third-order valence-electron chi connectivity index (χ3n) is 6.70. The van der Waals surface area contributed by atoms with E-state index in [1.54, 1.807) is 28.6 Å². The molecular weight excluding hydrogens is 450 g/mol. The molecule has 3 aromatic carbocycles. The van der Waals surface area contributed by atoms with Crippen LogP contribution in [0.25, 0.3) is 44.6 Å². The zero-order chi connectivity index (χ0) is 24.8. The summed E-state index contributed by atoms with van der Waals surface area (Å²) in [5, 5.41) is 4.88. The van der Waals surface area contributed by atoms with Crippen LogP contribution in [0.3, 0.4) is 0 Å². The van der Waals surface area contributed by atoms with E-state index in [1.807, 2.05) is 60.7 Å². The number of benzene rings is 3. The average molecular weight is 476 g/mol. The SMILES string of the molecule is CC(C)c1ccccc1-c1ncc2c(n1)n(Cc1ccc(-c3cccc4cnoc34)cc1)c(=O)n2C. The first-order valence-electron chi connectivity index (χ1n) is 12.0. The van der Waals surface area contributed by atoms with Gasteiger partial charge in [0.1, 0.15) is 5.52 Å². The third-order valence-corrected chi connectivity index (χ3v) is 6.70. The van der Waals surface area contributed by atoms with Crippen LogP contribution in [0, 0.1) is 0 Å². The van der Waals surface area contributed by atoms with Crippen molar-refractivity contribution in [3.63, 3.8) is 0 Å². The zero-order valence-corrected chi connectivity index (χ0v) is 20.3. The Kier molecular flexibility index (Phi) is 5.25. The number of hydrogen-bond donors (Lipinski definition) is 0. The number of rotatable bonds is 5. The Morgan fingerprint density at radius 3 is 2.50 bits per heavy atom. The molecule has 0 N–H and O–H groups in total. The molecule has 36 heavy (non-hydrogen) atoms. The van der Waals surface area contributed by atoms with E-state index >= 15 is 0 Å². The molecule has 0 aliphatic carbocycles. The molecule has 178 valence electrons. The summed E-state index contributed by atoms with van der Waals surface area (Å²) in [4.78, 5) is 22.6. The quantitative estimate of drug-likeness (QED) is 0.316. The fraction of sp³-hybridized carbons (Fsp3) is 0.172. The van der Waals surface area contributed by atoms with Gasteiger partial charge in [-0.05, 0) is 28.7 Å². The Morgan fingerprint density at radius 1 is 0.917 bits per heavy atom. The van der Waals surface area contributed by atoms with E-state index in [9.17, 15) is 4.79 Å². The van der Waals surface area contributed by atoms with Crippen LogP contribution in [0.5, 0.6) is 0 Å². The van der Waals surface area contributed by atoms with Crippen LogP contribution in [-0.2, 0) is 13.6 Å². The molecule has 0 radical (unpaired) electrons. The van der Waals surface area contributed by atoms with Crippen LogP contribution in [0.4, 0.5) is 0 Å². The molecule has 0 saturated carbocycles. The lowest BCUT2D eigenvalue weighted by atomic mass is 9.97. The monoisotopic (exact) mass is 475 g/mol. The van der Waals surface area contributed by atoms with Gasteiger partial charge in [0.15, 0.2) is 17.1 Å². The smallest absolute Gasteiger partial charge is 0.330 e. The van der Waals surface area contributed by atoms with Gasteiger partial charge in [0.2, 0.25) is 0 Å². The molecule has 0 aliphatic heterocycles. The molecule has 0 spiro atoms. The predicted octanol–water partition coefficient (Wildman–Crippen LogP) is 5.78. The summed E-state index contributed by atoms with van der Waals surface area (Å²) < 4.78 is 8.77. The van der Waals surface area contributed by atoms with Crippen molar-refractivity contribution in [2.75, 3.05) is 0 Å². The van der Waals surface area contributed by atoms with Gasteiger partial charge in [0.05, 0.1) is 18.9 Å². The van der Waals surface area contributed by atoms with Crippen molar-refractivity contribution in [2.45, 2.75) is 26.3 Å². The molecular formula is C29H25N5O2. The molecule has 0 bridgehead atoms. The molecule has 0 amide bonds. The Bertz CT molecular complexity index is 1770. The van der Waals surface area contributed by atoms with Crippen LogP contribution in [0.15, 0.2) is 88.4 Å². The number of para-hydroxylation sites is 1. The fourth-order valence-corrected chi connectivity index (χ4v) is 4.75. The van der Waals surface area contributed by atoms with Gasteiger partial charge >= 0.3 is 5.69 Å². The number of aromatic nitrogens is 5. The standard InChI is InChI=1S/C29H25N5O2/c1-18(2)22-8-4-5-9-24(22)27-30-16-25-28(32-27)34(29(35)33(25)3)17-19-11-13-20(14-12-19)23-10-6-7-21-15-31-36-26(21)23/h4-16,18H,17H2,1-3H3. The molecule has 6 aromatic rings. The minimum Gasteiger partial charge on any atom is -0.356 e. The van der Waals surface area contributed by atoms with Gasteiger partial charge in [-0.2, -0.15) is 0 Å². The Morgan fingerprint density at radius 2 is 1.69 bits per heavy atom. The second-order valence-corrected chi connectivity index (χ2v) is 9.32. The first-order chi connectivity index (χ1) is 17.5. The van der Waals surface area contributed by atoms with E-state index < -0.39 is 0 Å². The molecule has 0 aliphatic rings. The number of imidazole rings is 1. The molecule has 7 nitrogen and oxygen atoms in total. The molecule has 0 unspecified atom stereocenters. The average Bonchev–Trinajstić information content (AvgIpc) is 3.48. The molecule has 7 heteroatoms. The van der Waals surface area contributed by atoms with E-state index in [4.69, 9.17) is 9.51 Å². The van der Waals surface area contributed by atoms with E-state index in [1.165, 1.54) is 5.56 Å². The Hall–Kier alpha value is -4.52. The van der Waals surface area contributed by atoms with Crippen LogP contribution < -0.4 is 5.69 Å². The molecule has 3 heterocycles. The minimum absolute atomic E-state index is 0.121. The van der Waals surface area contributed by atoms with Crippen molar-refractivity contribution in [3.8, 4) is 22.5 Å². The Balaban J connectivity index is 1.39. The van der Waals surface area contributed by atoms with Gasteiger partial charge < -0.3 is 4.52 Å². The molecule has 0 saturated heterocycles. The Labute approximate surface area is 207 Å². The van der Waals surface area contributed by atoms with E-state index in [0.717, 1.165) is 33.2 Å². The topological polar surface area (TPSA) is 78.7 Å². The summed E-state index contributed by atoms with van der Waals surface area (Å²) in [6.45, 7) is 4.72. The second-order valence-electron chi connectivity index (χ2n) is 9.32. The highest BCUT2D eigenvalue weighted by Gasteiger charge is 2.17. The number of aryl methyl sites for hydroxylation is 1. The summed E-state index contributed by atoms with van der Waals surface area (Å²) >= 11 is 0. The lowest BCUT2D eigenvalue weighted by molar-refractivity contribution is 0.457. The van der Waals surface area contributed by atoms with E-state index in [-0.39, 0.29) is 5.69 Å². The van der Waals surface area contributed by atoms with Gasteiger partial charge in [0, 0.05) is 23.6 Å². The van der Waals surface area contributed by atoms with Gasteiger partial charge in [-0.3, -0.25) is 9.13 Å². The van der Waals surface area contributed by atoms with Gasteiger partial charge in [-0.1, -0.05) is 79.7 Å². The van der Waals surface area contributed by atoms with Crippen LogP contribution in [0.2, 0.25) is 0 Å². The zero-order valence-electron chi connectivity index (χ0n) is 20.3. The predicted molar refractivity (Wildman–Crippen MR) is 141 cm³/mol. The van der Waals surface area contributed by atoms with Crippen molar-refractivity contribution in [3.05, 3.63) is 101 Å². The molecule has 0 fully saturated rings. The second kappa shape index (κ2) is 8.61.